The molecule has 0 amide bonds. The van der Waals surface area contributed by atoms with Crippen LogP contribution in [0.5, 0.6) is 5.75 Å². The highest BCUT2D eigenvalue weighted by Gasteiger charge is 2.51. The van der Waals surface area contributed by atoms with E-state index < -0.39 is 0 Å². The lowest BCUT2D eigenvalue weighted by molar-refractivity contribution is -0.151. The Morgan fingerprint density at radius 1 is 1.27 bits per heavy atom. The van der Waals surface area contributed by atoms with Crippen molar-refractivity contribution in [1.29, 1.82) is 0 Å². The van der Waals surface area contributed by atoms with Gasteiger partial charge in [-0.25, -0.2) is 0 Å². The first-order valence-electron chi connectivity index (χ1n) is 11.9. The zero-order valence-electron chi connectivity index (χ0n) is 19.3. The standard InChI is InChI=1S/C26H39NO3/c1-18(16-25(2,3)4)13-24(28)30-17-29-20-9-8-19-14-23-21-7-5-6-10-26(21,11-12-27-23)22(19)15-20/h8-9,15,18,21,23,27H,5-7,10-14,16-17H2,1-4H3/t18?,21-,23-,26+/m1/s1. The minimum absolute atomic E-state index is 0.000463. The van der Waals surface area contributed by atoms with E-state index in [4.69, 9.17) is 9.47 Å². The lowest BCUT2D eigenvalue weighted by Gasteiger charge is -2.56. The van der Waals surface area contributed by atoms with E-state index in [0.717, 1.165) is 31.1 Å². The molecule has 166 valence electrons. The van der Waals surface area contributed by atoms with Gasteiger partial charge in [0.15, 0.2) is 0 Å². The summed E-state index contributed by atoms with van der Waals surface area (Å²) in [6, 6.07) is 7.18. The SMILES string of the molecule is CC(CC(=O)OCOc1ccc2c(c1)[C@]13CCCC[C@@H]1[C@@H](C2)NCC3)CC(C)(C)C. The van der Waals surface area contributed by atoms with Crippen LogP contribution in [0.15, 0.2) is 18.2 Å². The first kappa shape index (κ1) is 21.7. The van der Waals surface area contributed by atoms with E-state index in [1.54, 1.807) is 0 Å². The van der Waals surface area contributed by atoms with Crippen molar-refractivity contribution in [3.63, 3.8) is 0 Å². The van der Waals surface area contributed by atoms with Gasteiger partial charge in [-0.1, -0.05) is 46.6 Å². The molecular weight excluding hydrogens is 374 g/mol. The number of rotatable bonds is 6. The Bertz CT molecular complexity index is 764. The van der Waals surface area contributed by atoms with Gasteiger partial charge in [-0.15, -0.1) is 0 Å². The number of nitrogens with one attached hydrogen (secondary N) is 1. The largest absolute Gasteiger partial charge is 0.457 e. The summed E-state index contributed by atoms with van der Waals surface area (Å²) in [6.07, 6.45) is 9.14. The van der Waals surface area contributed by atoms with Crippen LogP contribution in [0.4, 0.5) is 0 Å². The lowest BCUT2D eigenvalue weighted by atomic mass is 9.53. The summed E-state index contributed by atoms with van der Waals surface area (Å²) in [5.41, 5.74) is 3.53. The van der Waals surface area contributed by atoms with E-state index in [9.17, 15) is 4.79 Å². The van der Waals surface area contributed by atoms with Crippen molar-refractivity contribution in [3.8, 4) is 5.75 Å². The van der Waals surface area contributed by atoms with E-state index in [1.807, 2.05) is 6.07 Å². The van der Waals surface area contributed by atoms with E-state index in [2.05, 4.69) is 45.1 Å². The summed E-state index contributed by atoms with van der Waals surface area (Å²) < 4.78 is 11.3. The monoisotopic (exact) mass is 413 g/mol. The van der Waals surface area contributed by atoms with Gasteiger partial charge in [-0.05, 0) is 79.2 Å². The molecule has 4 nitrogen and oxygen atoms in total. The maximum atomic E-state index is 12.2. The summed E-state index contributed by atoms with van der Waals surface area (Å²) in [5.74, 6) is 1.73. The Morgan fingerprint density at radius 3 is 2.90 bits per heavy atom. The molecule has 3 aliphatic rings. The van der Waals surface area contributed by atoms with Gasteiger partial charge in [0, 0.05) is 17.9 Å². The fourth-order valence-corrected chi connectivity index (χ4v) is 6.62. The van der Waals surface area contributed by atoms with E-state index in [-0.39, 0.29) is 18.2 Å². The molecule has 1 saturated carbocycles. The molecule has 1 aromatic rings. The topological polar surface area (TPSA) is 47.6 Å². The van der Waals surface area contributed by atoms with Gasteiger partial charge in [0.2, 0.25) is 6.79 Å². The Kier molecular flexibility index (Phi) is 6.16. The molecule has 0 radical (unpaired) electrons. The van der Waals surface area contributed by atoms with Crippen molar-refractivity contribution in [2.45, 2.75) is 90.5 Å². The van der Waals surface area contributed by atoms with Crippen molar-refractivity contribution in [1.82, 2.24) is 5.32 Å². The second-order valence-corrected chi connectivity index (χ2v) is 11.2. The molecule has 2 aliphatic carbocycles. The second kappa shape index (κ2) is 8.53. The molecule has 4 atom stereocenters. The van der Waals surface area contributed by atoms with Gasteiger partial charge in [0.05, 0.1) is 0 Å². The van der Waals surface area contributed by atoms with Crippen LogP contribution < -0.4 is 10.1 Å². The normalized spacial score (nSPS) is 28.8. The van der Waals surface area contributed by atoms with Crippen LogP contribution in [0.1, 0.15) is 83.8 Å². The van der Waals surface area contributed by atoms with Crippen molar-refractivity contribution in [3.05, 3.63) is 29.3 Å². The van der Waals surface area contributed by atoms with Crippen LogP contribution in [0.25, 0.3) is 0 Å². The van der Waals surface area contributed by atoms with Crippen molar-refractivity contribution >= 4 is 5.97 Å². The highest BCUT2D eigenvalue weighted by atomic mass is 16.7. The predicted molar refractivity (Wildman–Crippen MR) is 120 cm³/mol. The number of carbonyl (C=O) groups excluding carboxylic acids is 1. The molecular formula is C26H39NO3. The second-order valence-electron chi connectivity index (χ2n) is 11.2. The number of carbonyl (C=O) groups is 1. The van der Waals surface area contributed by atoms with Crippen LogP contribution in [0, 0.1) is 17.3 Å². The van der Waals surface area contributed by atoms with Crippen LogP contribution in [0.3, 0.4) is 0 Å². The number of hydrogen-bond donors (Lipinski definition) is 1. The third kappa shape index (κ3) is 4.54. The number of benzene rings is 1. The van der Waals surface area contributed by atoms with E-state index >= 15 is 0 Å². The van der Waals surface area contributed by atoms with Gasteiger partial charge in [0.1, 0.15) is 5.75 Å². The fraction of sp³-hybridized carbons (Fsp3) is 0.731. The smallest absolute Gasteiger partial charge is 0.308 e. The molecule has 1 aliphatic heterocycles. The van der Waals surface area contributed by atoms with Gasteiger partial charge < -0.3 is 14.8 Å². The molecule has 1 aromatic carbocycles. The summed E-state index contributed by atoms with van der Waals surface area (Å²) in [6.45, 7) is 9.85. The summed E-state index contributed by atoms with van der Waals surface area (Å²) in [7, 11) is 0. The Labute approximate surface area is 182 Å². The molecule has 30 heavy (non-hydrogen) atoms. The molecule has 1 heterocycles. The molecule has 2 bridgehead atoms. The molecule has 1 saturated heterocycles. The Balaban J connectivity index is 1.38. The Hall–Kier alpha value is -1.55. The number of hydrogen-bond acceptors (Lipinski definition) is 4. The average molecular weight is 414 g/mol. The van der Waals surface area contributed by atoms with Gasteiger partial charge in [0.25, 0.3) is 0 Å². The first-order chi connectivity index (χ1) is 14.3. The predicted octanol–water partition coefficient (Wildman–Crippen LogP) is 5.37. The zero-order valence-corrected chi connectivity index (χ0v) is 19.3. The third-order valence-corrected chi connectivity index (χ3v) is 7.54. The van der Waals surface area contributed by atoms with E-state index in [0.29, 0.717) is 23.8 Å². The van der Waals surface area contributed by atoms with Crippen molar-refractivity contribution < 1.29 is 14.3 Å². The highest BCUT2D eigenvalue weighted by Crippen LogP contribution is 2.54. The van der Waals surface area contributed by atoms with Crippen LogP contribution in [0.2, 0.25) is 0 Å². The molecule has 1 unspecified atom stereocenters. The minimum atomic E-state index is -0.170. The van der Waals surface area contributed by atoms with Crippen molar-refractivity contribution in [2.75, 3.05) is 13.3 Å². The molecule has 2 fully saturated rings. The number of piperidine rings is 1. The third-order valence-electron chi connectivity index (χ3n) is 7.54. The summed E-state index contributed by atoms with van der Waals surface area (Å²) in [4.78, 5) is 12.2. The maximum Gasteiger partial charge on any atom is 0.308 e. The quantitative estimate of drug-likeness (QED) is 0.503. The number of ether oxygens (including phenoxy) is 2. The number of fused-ring (bicyclic) bond motifs is 1. The van der Waals surface area contributed by atoms with Gasteiger partial charge in [-0.3, -0.25) is 4.79 Å². The molecule has 0 spiro atoms. The van der Waals surface area contributed by atoms with Crippen molar-refractivity contribution in [2.24, 2.45) is 17.3 Å². The minimum Gasteiger partial charge on any atom is -0.457 e. The average Bonchev–Trinajstić information content (AvgIpc) is 2.67. The zero-order chi connectivity index (χ0) is 21.4. The van der Waals surface area contributed by atoms with Gasteiger partial charge >= 0.3 is 5.97 Å². The maximum absolute atomic E-state index is 12.2. The molecule has 4 heteroatoms. The highest BCUT2D eigenvalue weighted by molar-refractivity contribution is 5.69. The number of esters is 1. The van der Waals surface area contributed by atoms with E-state index in [1.165, 1.54) is 43.2 Å². The van der Waals surface area contributed by atoms with Gasteiger partial charge in [-0.2, -0.15) is 0 Å². The van der Waals surface area contributed by atoms with Crippen LogP contribution in [-0.4, -0.2) is 25.3 Å². The summed E-state index contributed by atoms with van der Waals surface area (Å²) in [5, 5.41) is 3.79. The fourth-order valence-electron chi connectivity index (χ4n) is 6.62. The summed E-state index contributed by atoms with van der Waals surface area (Å²) >= 11 is 0. The molecule has 0 aromatic heterocycles. The first-order valence-corrected chi connectivity index (χ1v) is 11.9. The van der Waals surface area contributed by atoms with Crippen LogP contribution in [-0.2, 0) is 21.4 Å². The Morgan fingerprint density at radius 2 is 2.10 bits per heavy atom. The lowest BCUT2D eigenvalue weighted by Crippen LogP contribution is -2.59. The molecule has 1 N–H and O–H groups in total. The molecule has 4 rings (SSSR count). The van der Waals surface area contributed by atoms with Crippen LogP contribution >= 0.6 is 0 Å².